The number of benzene rings is 1. The van der Waals surface area contributed by atoms with Crippen molar-refractivity contribution in [2.45, 2.75) is 44.6 Å². The highest BCUT2D eigenvalue weighted by Crippen LogP contribution is 2.36. The van der Waals surface area contributed by atoms with Crippen molar-refractivity contribution in [2.24, 2.45) is 0 Å². The van der Waals surface area contributed by atoms with Crippen LogP contribution < -0.4 is 0 Å². The highest BCUT2D eigenvalue weighted by molar-refractivity contribution is 14.1. The van der Waals surface area contributed by atoms with E-state index in [0.29, 0.717) is 25.9 Å². The van der Waals surface area contributed by atoms with Gasteiger partial charge >= 0.3 is 6.09 Å². The number of carbonyl (C=O) groups is 2. The van der Waals surface area contributed by atoms with Crippen LogP contribution in [0.3, 0.4) is 0 Å². The van der Waals surface area contributed by atoms with Gasteiger partial charge in [0, 0.05) is 16.7 Å². The first-order valence-corrected chi connectivity index (χ1v) is 8.55. The first-order chi connectivity index (χ1) is 10.3. The molecule has 0 spiro atoms. The van der Waals surface area contributed by atoms with Gasteiger partial charge in [0.15, 0.2) is 0 Å². The van der Waals surface area contributed by atoms with Gasteiger partial charge in [-0.15, -0.1) is 0 Å². The first kappa shape index (κ1) is 17.2. The van der Waals surface area contributed by atoms with Crippen molar-refractivity contribution in [3.8, 4) is 0 Å². The number of amides is 1. The third-order valence-corrected chi connectivity index (χ3v) is 4.88. The molecule has 0 aliphatic carbocycles. The topological polar surface area (TPSA) is 46.6 Å². The third kappa shape index (κ3) is 3.80. The number of nitrogens with zero attached hydrogens (tertiary/aromatic N) is 1. The lowest BCUT2D eigenvalue weighted by Crippen LogP contribution is -2.47. The largest absolute Gasteiger partial charge is 0.444 e. The summed E-state index contributed by atoms with van der Waals surface area (Å²) in [5.74, 6) is 0. The number of halogens is 1. The number of rotatable bonds is 2. The van der Waals surface area contributed by atoms with Crippen LogP contribution >= 0.6 is 22.6 Å². The lowest BCUT2D eigenvalue weighted by molar-refractivity contribution is -0.114. The summed E-state index contributed by atoms with van der Waals surface area (Å²) in [6, 6.07) is 7.96. The molecule has 0 atom stereocenters. The van der Waals surface area contributed by atoms with E-state index in [9.17, 15) is 9.59 Å². The number of hydrogen-bond acceptors (Lipinski definition) is 3. The summed E-state index contributed by atoms with van der Waals surface area (Å²) in [7, 11) is 0. The summed E-state index contributed by atoms with van der Waals surface area (Å²) < 4.78 is 6.50. The Labute approximate surface area is 145 Å². The predicted octanol–water partition coefficient (Wildman–Crippen LogP) is 3.76. The maximum absolute atomic E-state index is 12.1. The monoisotopic (exact) mass is 415 g/mol. The van der Waals surface area contributed by atoms with Crippen molar-refractivity contribution in [1.82, 2.24) is 4.90 Å². The van der Waals surface area contributed by atoms with Crippen molar-refractivity contribution in [1.29, 1.82) is 0 Å². The summed E-state index contributed by atoms with van der Waals surface area (Å²) in [4.78, 5) is 25.6. The summed E-state index contributed by atoms with van der Waals surface area (Å²) in [6.45, 7) is 6.65. The van der Waals surface area contributed by atoms with Gasteiger partial charge in [-0.05, 0) is 67.8 Å². The van der Waals surface area contributed by atoms with E-state index in [1.807, 2.05) is 45.0 Å². The van der Waals surface area contributed by atoms with Crippen LogP contribution in [0.15, 0.2) is 24.3 Å². The second-order valence-corrected chi connectivity index (χ2v) is 7.88. The van der Waals surface area contributed by atoms with Crippen LogP contribution in [-0.2, 0) is 14.9 Å². The minimum Gasteiger partial charge on any atom is -0.444 e. The minimum atomic E-state index is -0.495. The van der Waals surface area contributed by atoms with E-state index in [1.54, 1.807) is 4.90 Å². The molecular weight excluding hydrogens is 393 g/mol. The molecule has 1 amide bonds. The SMILES string of the molecule is CC(C)(C)OC(=O)N1CCC(C=O)(c2ccccc2I)CC1. The van der Waals surface area contributed by atoms with E-state index < -0.39 is 11.0 Å². The molecule has 1 aliphatic rings. The van der Waals surface area contributed by atoms with Crippen LogP contribution in [0.1, 0.15) is 39.2 Å². The van der Waals surface area contributed by atoms with Crippen LogP contribution in [0.4, 0.5) is 4.79 Å². The summed E-state index contributed by atoms with van der Waals surface area (Å²) in [5.41, 5.74) is 0.0796. The molecule has 0 bridgehead atoms. The molecule has 1 heterocycles. The molecular formula is C17H22INO3. The van der Waals surface area contributed by atoms with E-state index in [2.05, 4.69) is 22.6 Å². The number of aldehydes is 1. The Balaban J connectivity index is 2.11. The number of hydrogen-bond donors (Lipinski definition) is 0. The normalized spacial score (nSPS) is 17.9. The molecule has 0 unspecified atom stereocenters. The van der Waals surface area contributed by atoms with Gasteiger partial charge in [0.25, 0.3) is 0 Å². The standard InChI is InChI=1S/C17H22INO3/c1-16(2,3)22-15(21)19-10-8-17(12-20,9-11-19)13-6-4-5-7-14(13)18/h4-7,12H,8-11H2,1-3H3. The molecule has 0 saturated carbocycles. The Hall–Kier alpha value is -1.11. The molecule has 1 fully saturated rings. The summed E-state index contributed by atoms with van der Waals surface area (Å²) >= 11 is 2.27. The number of ether oxygens (including phenoxy) is 1. The highest BCUT2D eigenvalue weighted by atomic mass is 127. The highest BCUT2D eigenvalue weighted by Gasteiger charge is 2.39. The lowest BCUT2D eigenvalue weighted by atomic mass is 9.74. The molecule has 0 radical (unpaired) electrons. The van der Waals surface area contributed by atoms with Crippen molar-refractivity contribution in [3.05, 3.63) is 33.4 Å². The van der Waals surface area contributed by atoms with Crippen LogP contribution in [0.5, 0.6) is 0 Å². The van der Waals surface area contributed by atoms with Crippen molar-refractivity contribution >= 4 is 35.0 Å². The number of likely N-dealkylation sites (tertiary alicyclic amines) is 1. The van der Waals surface area contributed by atoms with Crippen LogP contribution in [0.2, 0.25) is 0 Å². The van der Waals surface area contributed by atoms with E-state index in [4.69, 9.17) is 4.74 Å². The van der Waals surface area contributed by atoms with Gasteiger partial charge in [0.05, 0.1) is 5.41 Å². The van der Waals surface area contributed by atoms with Crippen LogP contribution in [-0.4, -0.2) is 36.0 Å². The Kier molecular flexibility index (Phi) is 5.14. The summed E-state index contributed by atoms with van der Waals surface area (Å²) in [6.07, 6.45) is 2.03. The maximum atomic E-state index is 12.1. The molecule has 1 aromatic carbocycles. The van der Waals surface area contributed by atoms with Crippen LogP contribution in [0, 0.1) is 3.57 Å². The third-order valence-electron chi connectivity index (χ3n) is 3.94. The van der Waals surface area contributed by atoms with E-state index in [1.165, 1.54) is 0 Å². The number of carbonyl (C=O) groups excluding carboxylic acids is 2. The van der Waals surface area contributed by atoms with E-state index >= 15 is 0 Å². The molecule has 2 rings (SSSR count). The Bertz CT molecular complexity index is 557. The predicted molar refractivity (Wildman–Crippen MR) is 93.9 cm³/mol. The average Bonchev–Trinajstić information content (AvgIpc) is 2.46. The van der Waals surface area contributed by atoms with Gasteiger partial charge in [-0.3, -0.25) is 0 Å². The molecule has 5 heteroatoms. The van der Waals surface area contributed by atoms with Crippen molar-refractivity contribution in [2.75, 3.05) is 13.1 Å². The van der Waals surface area contributed by atoms with Gasteiger partial charge in [0.1, 0.15) is 11.9 Å². The Morgan fingerprint density at radius 3 is 2.36 bits per heavy atom. The molecule has 0 N–H and O–H groups in total. The van der Waals surface area contributed by atoms with E-state index in [-0.39, 0.29) is 6.09 Å². The maximum Gasteiger partial charge on any atom is 0.410 e. The number of piperidine rings is 1. The zero-order chi connectivity index (χ0) is 16.4. The molecule has 4 nitrogen and oxygen atoms in total. The fourth-order valence-corrected chi connectivity index (χ4v) is 3.65. The van der Waals surface area contributed by atoms with Gasteiger partial charge in [-0.1, -0.05) is 18.2 Å². The Morgan fingerprint density at radius 1 is 1.27 bits per heavy atom. The quantitative estimate of drug-likeness (QED) is 0.546. The van der Waals surface area contributed by atoms with Gasteiger partial charge < -0.3 is 14.4 Å². The fraction of sp³-hybridized carbons (Fsp3) is 0.529. The minimum absolute atomic E-state index is 0.297. The zero-order valence-electron chi connectivity index (χ0n) is 13.3. The molecule has 22 heavy (non-hydrogen) atoms. The first-order valence-electron chi connectivity index (χ1n) is 7.47. The smallest absolute Gasteiger partial charge is 0.410 e. The van der Waals surface area contributed by atoms with Crippen molar-refractivity contribution in [3.63, 3.8) is 0 Å². The summed E-state index contributed by atoms with van der Waals surface area (Å²) in [5, 5.41) is 0. The molecule has 1 saturated heterocycles. The van der Waals surface area contributed by atoms with Gasteiger partial charge in [-0.2, -0.15) is 0 Å². The van der Waals surface area contributed by atoms with Crippen LogP contribution in [0.25, 0.3) is 0 Å². The molecule has 1 aliphatic heterocycles. The Morgan fingerprint density at radius 2 is 1.86 bits per heavy atom. The molecule has 120 valence electrons. The fourth-order valence-electron chi connectivity index (χ4n) is 2.73. The zero-order valence-corrected chi connectivity index (χ0v) is 15.4. The molecule has 1 aromatic rings. The van der Waals surface area contributed by atoms with E-state index in [0.717, 1.165) is 15.4 Å². The van der Waals surface area contributed by atoms with Crippen molar-refractivity contribution < 1.29 is 14.3 Å². The average molecular weight is 415 g/mol. The van der Waals surface area contributed by atoms with Gasteiger partial charge in [0.2, 0.25) is 0 Å². The molecule has 0 aromatic heterocycles. The second-order valence-electron chi connectivity index (χ2n) is 6.72. The second kappa shape index (κ2) is 6.56. The van der Waals surface area contributed by atoms with Gasteiger partial charge in [-0.25, -0.2) is 4.79 Å². The lowest BCUT2D eigenvalue weighted by Gasteiger charge is -2.39.